The summed E-state index contributed by atoms with van der Waals surface area (Å²) in [6.45, 7) is 1.11. The number of aryl methyl sites for hydroxylation is 1. The van der Waals surface area contributed by atoms with E-state index in [9.17, 15) is 27.9 Å². The molecule has 0 spiro atoms. The fourth-order valence-electron chi connectivity index (χ4n) is 1.44. The van der Waals surface area contributed by atoms with Crippen LogP contribution in [-0.2, 0) is 16.0 Å². The number of carboxylic acid groups (broad SMARTS) is 1. The van der Waals surface area contributed by atoms with Gasteiger partial charge in [0.25, 0.3) is 0 Å². The molecule has 0 saturated carbocycles. The Kier molecular flexibility index (Phi) is 4.95. The lowest BCUT2D eigenvalue weighted by Crippen LogP contribution is -2.22. The number of hydrogen-bond acceptors (Lipinski definition) is 5. The van der Waals surface area contributed by atoms with Crippen molar-refractivity contribution in [1.82, 2.24) is 0 Å². The molecule has 0 saturated heterocycles. The third kappa shape index (κ3) is 5.59. The maximum Gasteiger partial charge on any atom is 0.573 e. The lowest BCUT2D eigenvalue weighted by atomic mass is 10.1. The topological polar surface area (TPSA) is 75.7 Å². The van der Waals surface area contributed by atoms with Crippen molar-refractivity contribution in [1.29, 1.82) is 0 Å². The molecule has 0 bridgehead atoms. The number of alkyl halides is 3. The largest absolute Gasteiger partial charge is 0.573 e. The molecule has 8 heteroatoms. The minimum absolute atomic E-state index is 0.0201. The second-order valence-corrected chi connectivity index (χ2v) is 3.78. The smallest absolute Gasteiger partial charge is 0.550 e. The van der Waals surface area contributed by atoms with Crippen LogP contribution in [0.25, 0.3) is 0 Å². The van der Waals surface area contributed by atoms with Crippen molar-refractivity contribution < 1.29 is 37.3 Å². The summed E-state index contributed by atoms with van der Waals surface area (Å²) in [5.41, 5.74) is 0.103. The van der Waals surface area contributed by atoms with Crippen LogP contribution in [0.4, 0.5) is 13.2 Å². The normalized spacial score (nSPS) is 11.0. The Morgan fingerprint density at radius 2 is 1.95 bits per heavy atom. The molecule has 0 N–H and O–H groups in total. The lowest BCUT2D eigenvalue weighted by molar-refractivity contribution is -0.305. The molecular weight excluding hydrogens is 281 g/mol. The first kappa shape index (κ1) is 15.8. The van der Waals surface area contributed by atoms with Crippen molar-refractivity contribution in [2.24, 2.45) is 0 Å². The van der Waals surface area contributed by atoms with E-state index in [1.807, 2.05) is 0 Å². The second kappa shape index (κ2) is 6.27. The van der Waals surface area contributed by atoms with Crippen molar-refractivity contribution in [3.05, 3.63) is 23.8 Å². The average molecular weight is 291 g/mol. The van der Waals surface area contributed by atoms with Crippen LogP contribution >= 0.6 is 0 Å². The maximum absolute atomic E-state index is 12.1. The number of benzene rings is 1. The van der Waals surface area contributed by atoms with E-state index >= 15 is 0 Å². The summed E-state index contributed by atoms with van der Waals surface area (Å²) in [4.78, 5) is 21.2. The number of carboxylic acids is 1. The number of rotatable bonds is 5. The van der Waals surface area contributed by atoms with Gasteiger partial charge >= 0.3 is 12.3 Å². The number of aliphatic carboxylic acids is 1. The Balaban J connectivity index is 3.00. The summed E-state index contributed by atoms with van der Waals surface area (Å²) in [6, 6.07) is 3.04. The Bertz CT molecular complexity index is 510. The SMILES string of the molecule is CC(=O)Oc1ccc(OC(F)(F)F)cc1CCC(=O)[O-]. The first-order valence-corrected chi connectivity index (χ1v) is 5.44. The molecule has 0 atom stereocenters. The summed E-state index contributed by atoms with van der Waals surface area (Å²) >= 11 is 0. The number of carbonyl (C=O) groups excluding carboxylic acids is 2. The highest BCUT2D eigenvalue weighted by Gasteiger charge is 2.31. The Morgan fingerprint density at radius 1 is 1.30 bits per heavy atom. The zero-order chi connectivity index (χ0) is 15.3. The van der Waals surface area contributed by atoms with Gasteiger partial charge < -0.3 is 19.4 Å². The van der Waals surface area contributed by atoms with Crippen molar-refractivity contribution in [3.8, 4) is 11.5 Å². The van der Waals surface area contributed by atoms with Gasteiger partial charge in [0, 0.05) is 12.9 Å². The molecule has 0 aliphatic heterocycles. The van der Waals surface area contributed by atoms with Gasteiger partial charge in [-0.25, -0.2) is 0 Å². The van der Waals surface area contributed by atoms with E-state index in [2.05, 4.69) is 4.74 Å². The van der Waals surface area contributed by atoms with Gasteiger partial charge in [0.05, 0.1) is 0 Å². The minimum atomic E-state index is -4.87. The monoisotopic (exact) mass is 291 g/mol. The third-order valence-electron chi connectivity index (χ3n) is 2.12. The van der Waals surface area contributed by atoms with Crippen LogP contribution < -0.4 is 14.6 Å². The molecule has 1 aromatic rings. The molecule has 0 aliphatic rings. The zero-order valence-electron chi connectivity index (χ0n) is 10.3. The van der Waals surface area contributed by atoms with Crippen molar-refractivity contribution >= 4 is 11.9 Å². The van der Waals surface area contributed by atoms with E-state index in [1.165, 1.54) is 0 Å². The molecule has 0 aliphatic carbocycles. The Morgan fingerprint density at radius 3 is 2.45 bits per heavy atom. The van der Waals surface area contributed by atoms with Crippen LogP contribution in [0, 0.1) is 0 Å². The average Bonchev–Trinajstić information content (AvgIpc) is 2.26. The highest BCUT2D eigenvalue weighted by atomic mass is 19.4. The van der Waals surface area contributed by atoms with Crippen molar-refractivity contribution in [2.45, 2.75) is 26.1 Å². The fraction of sp³-hybridized carbons (Fsp3) is 0.333. The number of hydrogen-bond donors (Lipinski definition) is 0. The van der Waals surface area contributed by atoms with E-state index in [0.29, 0.717) is 0 Å². The van der Waals surface area contributed by atoms with Crippen molar-refractivity contribution in [3.63, 3.8) is 0 Å². The van der Waals surface area contributed by atoms with E-state index in [1.54, 1.807) is 0 Å². The maximum atomic E-state index is 12.1. The first-order valence-electron chi connectivity index (χ1n) is 5.44. The number of carbonyl (C=O) groups is 2. The van der Waals surface area contributed by atoms with Gasteiger partial charge in [-0.1, -0.05) is 0 Å². The van der Waals surface area contributed by atoms with E-state index in [0.717, 1.165) is 25.1 Å². The van der Waals surface area contributed by atoms with Gasteiger partial charge in [-0.05, 0) is 36.6 Å². The van der Waals surface area contributed by atoms with Gasteiger partial charge in [0.2, 0.25) is 0 Å². The quantitative estimate of drug-likeness (QED) is 0.601. The third-order valence-corrected chi connectivity index (χ3v) is 2.12. The number of ether oxygens (including phenoxy) is 2. The van der Waals surface area contributed by atoms with Crippen LogP contribution in [0.5, 0.6) is 11.5 Å². The van der Waals surface area contributed by atoms with Gasteiger partial charge in [-0.3, -0.25) is 4.79 Å². The molecule has 0 unspecified atom stereocenters. The van der Waals surface area contributed by atoms with Crippen LogP contribution in [-0.4, -0.2) is 18.3 Å². The van der Waals surface area contributed by atoms with E-state index < -0.39 is 30.5 Å². The van der Waals surface area contributed by atoms with Crippen LogP contribution in [0.3, 0.4) is 0 Å². The summed E-state index contributed by atoms with van der Waals surface area (Å²) in [6.07, 6.45) is -5.45. The van der Waals surface area contributed by atoms with Crippen LogP contribution in [0.2, 0.25) is 0 Å². The molecule has 5 nitrogen and oxygen atoms in total. The predicted molar refractivity (Wildman–Crippen MR) is 57.8 cm³/mol. The molecule has 20 heavy (non-hydrogen) atoms. The molecule has 0 amide bonds. The molecule has 1 rings (SSSR count). The summed E-state index contributed by atoms with van der Waals surface area (Å²) < 4.78 is 44.7. The zero-order valence-corrected chi connectivity index (χ0v) is 10.3. The molecule has 0 radical (unpaired) electrons. The highest BCUT2D eigenvalue weighted by Crippen LogP contribution is 2.29. The van der Waals surface area contributed by atoms with Gasteiger partial charge in [-0.15, -0.1) is 13.2 Å². The predicted octanol–water partition coefficient (Wildman–Crippen LogP) is 1.19. The molecule has 1 aromatic carbocycles. The molecule has 110 valence electrons. The summed E-state index contributed by atoms with van der Waals surface area (Å²) in [5.74, 6) is -2.60. The second-order valence-electron chi connectivity index (χ2n) is 3.78. The van der Waals surface area contributed by atoms with E-state index in [4.69, 9.17) is 4.74 Å². The highest BCUT2D eigenvalue weighted by molar-refractivity contribution is 5.70. The summed E-state index contributed by atoms with van der Waals surface area (Å²) in [5, 5.41) is 10.4. The Hall–Kier alpha value is -2.25. The van der Waals surface area contributed by atoms with Crippen molar-refractivity contribution in [2.75, 3.05) is 0 Å². The molecule has 0 aromatic heterocycles. The van der Waals surface area contributed by atoms with Gasteiger partial charge in [0.15, 0.2) is 0 Å². The number of halogens is 3. The summed E-state index contributed by atoms with van der Waals surface area (Å²) in [7, 11) is 0. The standard InChI is InChI=1S/C12H11F3O5/c1-7(16)19-10-4-3-9(20-12(13,14)15)6-8(10)2-5-11(17)18/h3-4,6H,2,5H2,1H3,(H,17,18)/p-1. The minimum Gasteiger partial charge on any atom is -0.550 e. The van der Waals surface area contributed by atoms with Gasteiger partial charge in [-0.2, -0.15) is 0 Å². The first-order chi connectivity index (χ1) is 9.17. The van der Waals surface area contributed by atoms with E-state index in [-0.39, 0.29) is 17.7 Å². The van der Waals surface area contributed by atoms with Gasteiger partial charge in [0.1, 0.15) is 11.5 Å². The van der Waals surface area contributed by atoms with Crippen LogP contribution in [0.1, 0.15) is 18.9 Å². The molecular formula is C12H10F3O5-. The lowest BCUT2D eigenvalue weighted by Gasteiger charge is -2.13. The molecule has 0 heterocycles. The fourth-order valence-corrected chi connectivity index (χ4v) is 1.44. The Labute approximate surface area is 111 Å². The molecule has 0 fully saturated rings. The number of esters is 1. The van der Waals surface area contributed by atoms with Crippen LogP contribution in [0.15, 0.2) is 18.2 Å².